The largest absolute Gasteiger partial charge is 0.376 e. The lowest BCUT2D eigenvalue weighted by Crippen LogP contribution is -2.39. The van der Waals surface area contributed by atoms with E-state index in [2.05, 4.69) is 18.3 Å². The van der Waals surface area contributed by atoms with E-state index in [0.717, 1.165) is 30.6 Å². The molecule has 1 N–H and O–H groups in total. The lowest BCUT2D eigenvalue weighted by molar-refractivity contribution is 0.0819. The molecule has 0 aliphatic carbocycles. The fourth-order valence-corrected chi connectivity index (χ4v) is 3.24. The molecule has 1 fully saturated rings. The summed E-state index contributed by atoms with van der Waals surface area (Å²) in [5.41, 5.74) is 3.59. The van der Waals surface area contributed by atoms with Gasteiger partial charge in [-0.3, -0.25) is 4.79 Å². The van der Waals surface area contributed by atoms with Gasteiger partial charge < -0.3 is 15.0 Å². The molecule has 0 unspecified atom stereocenters. The number of hydrogen-bond acceptors (Lipinski definition) is 3. The second kappa shape index (κ2) is 8.82. The molecule has 1 aliphatic rings. The van der Waals surface area contributed by atoms with Crippen LogP contribution in [0.15, 0.2) is 48.5 Å². The summed E-state index contributed by atoms with van der Waals surface area (Å²) in [6.45, 7) is 5.43. The van der Waals surface area contributed by atoms with Crippen molar-refractivity contribution < 1.29 is 14.3 Å². The highest BCUT2D eigenvalue weighted by Crippen LogP contribution is 2.18. The Labute approximate surface area is 160 Å². The summed E-state index contributed by atoms with van der Waals surface area (Å²) >= 11 is 0. The van der Waals surface area contributed by atoms with Crippen LogP contribution in [0.3, 0.4) is 0 Å². The lowest BCUT2D eigenvalue weighted by atomic mass is 10.1. The van der Waals surface area contributed by atoms with Gasteiger partial charge in [0.15, 0.2) is 5.78 Å². The van der Waals surface area contributed by atoms with Crippen molar-refractivity contribution in [1.82, 2.24) is 4.90 Å². The molecule has 1 aliphatic heterocycles. The van der Waals surface area contributed by atoms with Crippen LogP contribution in [-0.4, -0.2) is 36.0 Å². The summed E-state index contributed by atoms with van der Waals surface area (Å²) in [5.74, 6) is 0.00689. The molecular weight excluding hydrogens is 340 g/mol. The number of anilines is 1. The molecule has 5 nitrogen and oxygen atoms in total. The summed E-state index contributed by atoms with van der Waals surface area (Å²) < 4.78 is 5.73. The Kier molecular flexibility index (Phi) is 6.24. The van der Waals surface area contributed by atoms with Crippen LogP contribution in [0.1, 0.15) is 41.3 Å². The molecule has 3 rings (SSSR count). The van der Waals surface area contributed by atoms with Crippen LogP contribution in [0.4, 0.5) is 10.5 Å². The van der Waals surface area contributed by atoms with Gasteiger partial charge in [0.2, 0.25) is 0 Å². The number of carbonyl (C=O) groups excluding carboxylic acids is 2. The number of benzene rings is 2. The van der Waals surface area contributed by atoms with Gasteiger partial charge in [-0.15, -0.1) is 0 Å². The molecule has 1 saturated heterocycles. The Hall–Kier alpha value is -2.66. The third-order valence-electron chi connectivity index (χ3n) is 4.90. The molecule has 2 aromatic carbocycles. The molecule has 0 spiro atoms. The van der Waals surface area contributed by atoms with E-state index in [4.69, 9.17) is 4.74 Å². The van der Waals surface area contributed by atoms with Gasteiger partial charge in [-0.25, -0.2) is 4.79 Å². The fraction of sp³-hybridized carbons (Fsp3) is 0.364. The normalized spacial score (nSPS) is 16.1. The predicted octanol–water partition coefficient (Wildman–Crippen LogP) is 4.41. The van der Waals surface area contributed by atoms with Crippen LogP contribution in [-0.2, 0) is 11.3 Å². The monoisotopic (exact) mass is 366 g/mol. The van der Waals surface area contributed by atoms with Gasteiger partial charge in [-0.05, 0) is 62.1 Å². The fourth-order valence-electron chi connectivity index (χ4n) is 3.24. The third kappa shape index (κ3) is 5.17. The number of aryl methyl sites for hydroxylation is 1. The number of carbonyl (C=O) groups is 2. The predicted molar refractivity (Wildman–Crippen MR) is 106 cm³/mol. The van der Waals surface area contributed by atoms with E-state index in [0.29, 0.717) is 24.3 Å². The van der Waals surface area contributed by atoms with Crippen LogP contribution >= 0.6 is 0 Å². The Balaban J connectivity index is 1.73. The van der Waals surface area contributed by atoms with Gasteiger partial charge >= 0.3 is 6.03 Å². The molecule has 2 amide bonds. The topological polar surface area (TPSA) is 58.6 Å². The average Bonchev–Trinajstić information content (AvgIpc) is 3.16. The standard InChI is InChI=1S/C22H26N2O3/c1-16-6-3-4-7-19(16)14-24(15-21-8-5-13-27-21)22(26)23-20-11-9-18(10-12-20)17(2)25/h3-4,6-7,9-12,21H,5,8,13-15H2,1-2H3,(H,23,26)/t21-/m1/s1. The van der Waals surface area contributed by atoms with Gasteiger partial charge in [-0.1, -0.05) is 24.3 Å². The SMILES string of the molecule is CC(=O)c1ccc(NC(=O)N(Cc2ccccc2C)C[C@H]2CCCO2)cc1. The minimum Gasteiger partial charge on any atom is -0.376 e. The van der Waals surface area contributed by atoms with E-state index in [-0.39, 0.29) is 17.9 Å². The van der Waals surface area contributed by atoms with Crippen LogP contribution in [0.25, 0.3) is 0 Å². The van der Waals surface area contributed by atoms with Gasteiger partial charge in [0.05, 0.1) is 6.10 Å². The first-order valence-electron chi connectivity index (χ1n) is 9.36. The molecule has 0 bridgehead atoms. The van der Waals surface area contributed by atoms with Gasteiger partial charge in [-0.2, -0.15) is 0 Å². The number of Topliss-reactive ketones (excluding diaryl/α,β-unsaturated/α-hetero) is 1. The summed E-state index contributed by atoms with van der Waals surface area (Å²) in [5, 5.41) is 2.94. The number of urea groups is 1. The summed E-state index contributed by atoms with van der Waals surface area (Å²) in [6, 6.07) is 14.9. The Morgan fingerprint density at radius 2 is 1.89 bits per heavy atom. The maximum absolute atomic E-state index is 12.9. The zero-order valence-electron chi connectivity index (χ0n) is 15.9. The number of nitrogens with zero attached hydrogens (tertiary/aromatic N) is 1. The van der Waals surface area contributed by atoms with Crippen LogP contribution in [0, 0.1) is 6.92 Å². The third-order valence-corrected chi connectivity index (χ3v) is 4.90. The van der Waals surface area contributed by atoms with E-state index in [1.54, 1.807) is 29.2 Å². The van der Waals surface area contributed by atoms with Crippen molar-refractivity contribution in [3.8, 4) is 0 Å². The number of ether oxygens (including phenoxy) is 1. The average molecular weight is 366 g/mol. The van der Waals surface area contributed by atoms with Crippen molar-refractivity contribution in [2.75, 3.05) is 18.5 Å². The zero-order valence-corrected chi connectivity index (χ0v) is 15.9. The Morgan fingerprint density at radius 1 is 1.15 bits per heavy atom. The van der Waals surface area contributed by atoms with Crippen molar-refractivity contribution in [2.45, 2.75) is 39.3 Å². The zero-order chi connectivity index (χ0) is 19.2. The molecule has 142 valence electrons. The van der Waals surface area contributed by atoms with E-state index in [1.165, 1.54) is 6.92 Å². The second-order valence-electron chi connectivity index (χ2n) is 7.01. The maximum atomic E-state index is 12.9. The van der Waals surface area contributed by atoms with Gasteiger partial charge in [0.1, 0.15) is 0 Å². The van der Waals surface area contributed by atoms with Crippen molar-refractivity contribution >= 4 is 17.5 Å². The smallest absolute Gasteiger partial charge is 0.322 e. The first kappa shape index (κ1) is 19.1. The minimum absolute atomic E-state index is 0.00689. The molecular formula is C22H26N2O3. The summed E-state index contributed by atoms with van der Waals surface area (Å²) in [7, 11) is 0. The number of ketones is 1. The minimum atomic E-state index is -0.163. The summed E-state index contributed by atoms with van der Waals surface area (Å²) in [4.78, 5) is 26.1. The van der Waals surface area contributed by atoms with E-state index < -0.39 is 0 Å². The second-order valence-corrected chi connectivity index (χ2v) is 7.01. The number of nitrogens with one attached hydrogen (secondary N) is 1. The van der Waals surface area contributed by atoms with E-state index in [9.17, 15) is 9.59 Å². The van der Waals surface area contributed by atoms with Crippen LogP contribution in [0.5, 0.6) is 0 Å². The first-order valence-corrected chi connectivity index (χ1v) is 9.36. The quantitative estimate of drug-likeness (QED) is 0.771. The first-order chi connectivity index (χ1) is 13.0. The van der Waals surface area contributed by atoms with Crippen LogP contribution in [0.2, 0.25) is 0 Å². The van der Waals surface area contributed by atoms with E-state index in [1.807, 2.05) is 18.2 Å². The van der Waals surface area contributed by atoms with Crippen molar-refractivity contribution in [1.29, 1.82) is 0 Å². The molecule has 0 radical (unpaired) electrons. The number of hydrogen-bond donors (Lipinski definition) is 1. The molecule has 27 heavy (non-hydrogen) atoms. The van der Waals surface area contributed by atoms with Crippen molar-refractivity contribution in [2.24, 2.45) is 0 Å². The molecule has 1 atom stereocenters. The Morgan fingerprint density at radius 3 is 2.52 bits per heavy atom. The molecule has 2 aromatic rings. The number of amides is 2. The molecule has 0 saturated carbocycles. The maximum Gasteiger partial charge on any atom is 0.322 e. The van der Waals surface area contributed by atoms with Gasteiger partial charge in [0.25, 0.3) is 0 Å². The highest BCUT2D eigenvalue weighted by molar-refractivity contribution is 5.95. The lowest BCUT2D eigenvalue weighted by Gasteiger charge is -2.26. The van der Waals surface area contributed by atoms with Crippen molar-refractivity contribution in [3.63, 3.8) is 0 Å². The molecule has 1 heterocycles. The Bertz CT molecular complexity index is 795. The van der Waals surface area contributed by atoms with Crippen molar-refractivity contribution in [3.05, 3.63) is 65.2 Å². The van der Waals surface area contributed by atoms with E-state index >= 15 is 0 Å². The highest BCUT2D eigenvalue weighted by Gasteiger charge is 2.23. The highest BCUT2D eigenvalue weighted by atomic mass is 16.5. The number of rotatable bonds is 6. The molecule has 5 heteroatoms. The molecule has 0 aromatic heterocycles. The summed E-state index contributed by atoms with van der Waals surface area (Å²) in [6.07, 6.45) is 2.10. The van der Waals surface area contributed by atoms with Crippen LogP contribution < -0.4 is 5.32 Å². The van der Waals surface area contributed by atoms with Gasteiger partial charge in [0, 0.05) is 30.9 Å².